The van der Waals surface area contributed by atoms with Gasteiger partial charge in [-0.2, -0.15) is 0 Å². The van der Waals surface area contributed by atoms with Crippen molar-refractivity contribution in [2.75, 3.05) is 25.0 Å². The van der Waals surface area contributed by atoms with Crippen LogP contribution in [0.25, 0.3) is 0 Å². The molecule has 0 aliphatic carbocycles. The summed E-state index contributed by atoms with van der Waals surface area (Å²) in [7, 11) is 0. The largest absolute Gasteiger partial charge is 0.489 e. The fraction of sp³-hybridized carbons (Fsp3) is 0.333. The van der Waals surface area contributed by atoms with E-state index in [1.165, 1.54) is 4.90 Å². The zero-order valence-electron chi connectivity index (χ0n) is 21.0. The molecule has 2 amide bonds. The maximum Gasteiger partial charge on any atom is 0.338 e. The van der Waals surface area contributed by atoms with Gasteiger partial charge < -0.3 is 24.2 Å². The number of anilines is 1. The van der Waals surface area contributed by atoms with Crippen molar-refractivity contribution >= 4 is 23.5 Å². The minimum absolute atomic E-state index is 0.135. The number of hydrogen-bond acceptors (Lipinski definition) is 7. The quantitative estimate of drug-likeness (QED) is 0.398. The van der Waals surface area contributed by atoms with Crippen molar-refractivity contribution in [2.24, 2.45) is 0 Å². The molecular weight excluding hydrogens is 462 g/mol. The van der Waals surface area contributed by atoms with Crippen molar-refractivity contribution in [3.63, 3.8) is 0 Å². The van der Waals surface area contributed by atoms with Gasteiger partial charge in [0.05, 0.1) is 23.4 Å². The van der Waals surface area contributed by atoms with Crippen LogP contribution in [-0.4, -0.2) is 47.5 Å². The Morgan fingerprint density at radius 1 is 1.06 bits per heavy atom. The number of amides is 2. The Bertz CT molecular complexity index is 1200. The van der Waals surface area contributed by atoms with Crippen LogP contribution in [-0.2, 0) is 20.9 Å². The summed E-state index contributed by atoms with van der Waals surface area (Å²) in [6.45, 7) is 7.42. The van der Waals surface area contributed by atoms with Crippen LogP contribution in [0.4, 0.5) is 5.69 Å². The molecule has 0 bridgehead atoms. The van der Waals surface area contributed by atoms with Gasteiger partial charge in [-0.05, 0) is 57.0 Å². The van der Waals surface area contributed by atoms with Gasteiger partial charge >= 0.3 is 5.97 Å². The molecule has 1 heterocycles. The zero-order valence-corrected chi connectivity index (χ0v) is 21.0. The van der Waals surface area contributed by atoms with E-state index in [4.69, 9.17) is 14.0 Å². The normalized spacial score (nSPS) is 10.6. The fourth-order valence-electron chi connectivity index (χ4n) is 3.52. The molecule has 0 radical (unpaired) electrons. The predicted octanol–water partition coefficient (Wildman–Crippen LogP) is 4.21. The molecule has 0 fully saturated rings. The van der Waals surface area contributed by atoms with E-state index in [1.54, 1.807) is 37.3 Å². The molecule has 0 aliphatic heterocycles. The minimum Gasteiger partial charge on any atom is -0.489 e. The van der Waals surface area contributed by atoms with Crippen LogP contribution < -0.4 is 10.1 Å². The molecule has 9 nitrogen and oxygen atoms in total. The van der Waals surface area contributed by atoms with Gasteiger partial charge in [0.25, 0.3) is 5.91 Å². The van der Waals surface area contributed by atoms with Crippen LogP contribution in [0, 0.1) is 20.8 Å². The van der Waals surface area contributed by atoms with Gasteiger partial charge in [-0.25, -0.2) is 4.79 Å². The van der Waals surface area contributed by atoms with Gasteiger partial charge in [-0.15, -0.1) is 0 Å². The highest BCUT2D eigenvalue weighted by molar-refractivity contribution is 5.96. The van der Waals surface area contributed by atoms with E-state index in [1.807, 2.05) is 39.0 Å². The number of rotatable bonds is 11. The van der Waals surface area contributed by atoms with Crippen molar-refractivity contribution in [3.8, 4) is 5.75 Å². The molecule has 3 rings (SSSR count). The van der Waals surface area contributed by atoms with E-state index in [0.29, 0.717) is 30.2 Å². The van der Waals surface area contributed by atoms with Gasteiger partial charge in [0.1, 0.15) is 18.1 Å². The van der Waals surface area contributed by atoms with Gasteiger partial charge in [0.15, 0.2) is 6.61 Å². The monoisotopic (exact) mass is 493 g/mol. The van der Waals surface area contributed by atoms with Gasteiger partial charge in [0.2, 0.25) is 5.91 Å². The minimum atomic E-state index is -0.660. The van der Waals surface area contributed by atoms with Crippen molar-refractivity contribution in [3.05, 3.63) is 76.7 Å². The second-order valence-electron chi connectivity index (χ2n) is 8.37. The SMILES string of the molecule is CCCN(CC(=O)Nc1ccccc1C)C(=O)COC(=O)c1cccc(OCc2c(C)noc2C)c1. The Balaban J connectivity index is 1.54. The lowest BCUT2D eigenvalue weighted by Gasteiger charge is -2.21. The average molecular weight is 494 g/mol. The van der Waals surface area contributed by atoms with Crippen LogP contribution in [0.15, 0.2) is 53.1 Å². The maximum atomic E-state index is 12.7. The number of nitrogens with zero attached hydrogens (tertiary/aromatic N) is 2. The lowest BCUT2D eigenvalue weighted by atomic mass is 10.2. The molecule has 0 saturated heterocycles. The number of carbonyl (C=O) groups excluding carboxylic acids is 3. The number of esters is 1. The van der Waals surface area contributed by atoms with Crippen LogP contribution in [0.5, 0.6) is 5.75 Å². The highest BCUT2D eigenvalue weighted by Gasteiger charge is 2.19. The molecule has 0 saturated carbocycles. The third-order valence-electron chi connectivity index (χ3n) is 5.56. The molecule has 36 heavy (non-hydrogen) atoms. The van der Waals surface area contributed by atoms with Gasteiger partial charge in [-0.1, -0.05) is 36.3 Å². The molecule has 1 N–H and O–H groups in total. The third kappa shape index (κ3) is 7.18. The van der Waals surface area contributed by atoms with Gasteiger partial charge in [-0.3, -0.25) is 9.59 Å². The molecule has 190 valence electrons. The van der Waals surface area contributed by atoms with E-state index in [2.05, 4.69) is 10.5 Å². The molecular formula is C27H31N3O6. The highest BCUT2D eigenvalue weighted by atomic mass is 16.5. The molecule has 9 heteroatoms. The first-order valence-electron chi connectivity index (χ1n) is 11.7. The molecule has 0 spiro atoms. The summed E-state index contributed by atoms with van der Waals surface area (Å²) >= 11 is 0. The smallest absolute Gasteiger partial charge is 0.338 e. The van der Waals surface area contributed by atoms with Crippen LogP contribution >= 0.6 is 0 Å². The number of carbonyl (C=O) groups is 3. The predicted molar refractivity (Wildman–Crippen MR) is 134 cm³/mol. The van der Waals surface area contributed by atoms with E-state index >= 15 is 0 Å². The lowest BCUT2D eigenvalue weighted by Crippen LogP contribution is -2.40. The topological polar surface area (TPSA) is 111 Å². The summed E-state index contributed by atoms with van der Waals surface area (Å²) in [4.78, 5) is 39.2. The second kappa shape index (κ2) is 12.5. The summed E-state index contributed by atoms with van der Waals surface area (Å²) in [6.07, 6.45) is 0.655. The van der Waals surface area contributed by atoms with Crippen molar-refractivity contribution in [1.29, 1.82) is 0 Å². The number of aromatic nitrogens is 1. The van der Waals surface area contributed by atoms with Crippen LogP contribution in [0.2, 0.25) is 0 Å². The van der Waals surface area contributed by atoms with Crippen LogP contribution in [0.1, 0.15) is 46.3 Å². The molecule has 0 aliphatic rings. The van der Waals surface area contributed by atoms with Crippen molar-refractivity contribution < 1.29 is 28.4 Å². The second-order valence-corrected chi connectivity index (χ2v) is 8.37. The molecule has 2 aromatic carbocycles. The first-order chi connectivity index (χ1) is 17.3. The Morgan fingerprint density at radius 2 is 1.83 bits per heavy atom. The Morgan fingerprint density at radius 3 is 2.53 bits per heavy atom. The van der Waals surface area contributed by atoms with E-state index < -0.39 is 18.5 Å². The summed E-state index contributed by atoms with van der Waals surface area (Å²) in [5, 5.41) is 6.71. The first kappa shape index (κ1) is 26.5. The first-order valence-corrected chi connectivity index (χ1v) is 11.7. The Kier molecular flexibility index (Phi) is 9.21. The Labute approximate surface area is 210 Å². The standard InChI is InChI=1S/C27H31N3O6/c1-5-13-30(15-25(31)28-24-12-7-6-9-18(24)2)26(32)17-35-27(33)21-10-8-11-22(14-21)34-16-23-19(3)29-36-20(23)4/h6-12,14H,5,13,15-17H2,1-4H3,(H,28,31). The summed E-state index contributed by atoms with van der Waals surface area (Å²) in [6, 6.07) is 13.9. The van der Waals surface area contributed by atoms with E-state index in [-0.39, 0.29) is 24.6 Å². The van der Waals surface area contributed by atoms with E-state index in [9.17, 15) is 14.4 Å². The fourth-order valence-corrected chi connectivity index (χ4v) is 3.52. The number of ether oxygens (including phenoxy) is 2. The molecule has 1 aromatic heterocycles. The lowest BCUT2D eigenvalue weighted by molar-refractivity contribution is -0.137. The number of para-hydroxylation sites is 1. The summed E-state index contributed by atoms with van der Waals surface area (Å²) < 4.78 is 16.1. The van der Waals surface area contributed by atoms with E-state index in [0.717, 1.165) is 16.8 Å². The van der Waals surface area contributed by atoms with Crippen LogP contribution in [0.3, 0.4) is 0 Å². The maximum absolute atomic E-state index is 12.7. The molecule has 3 aromatic rings. The number of nitrogens with one attached hydrogen (secondary N) is 1. The molecule has 0 unspecified atom stereocenters. The average Bonchev–Trinajstić information content (AvgIpc) is 3.19. The highest BCUT2D eigenvalue weighted by Crippen LogP contribution is 2.19. The number of benzene rings is 2. The van der Waals surface area contributed by atoms with Crippen molar-refractivity contribution in [2.45, 2.75) is 40.7 Å². The summed E-state index contributed by atoms with van der Waals surface area (Å²) in [5.41, 5.74) is 3.44. The summed E-state index contributed by atoms with van der Waals surface area (Å²) in [5.74, 6) is -0.287. The van der Waals surface area contributed by atoms with Gasteiger partial charge in [0, 0.05) is 12.2 Å². The molecule has 0 atom stereocenters. The zero-order chi connectivity index (χ0) is 26.1. The van der Waals surface area contributed by atoms with Crippen molar-refractivity contribution in [1.82, 2.24) is 10.1 Å². The Hall–Kier alpha value is -4.14. The number of aryl methyl sites for hydroxylation is 3. The number of hydrogen-bond donors (Lipinski definition) is 1. The third-order valence-corrected chi connectivity index (χ3v) is 5.56.